The SMILES string of the molecule is COC(=O)C(Cl)CNCc1ncc(C)c(OC)c1C. The largest absolute Gasteiger partial charge is 0.496 e. The van der Waals surface area contributed by atoms with Crippen LogP contribution in [-0.2, 0) is 16.1 Å². The number of aromatic nitrogens is 1. The number of pyridine rings is 1. The average molecular weight is 287 g/mol. The molecule has 1 heterocycles. The van der Waals surface area contributed by atoms with E-state index in [1.165, 1.54) is 7.11 Å². The maximum absolute atomic E-state index is 11.1. The second kappa shape index (κ2) is 7.31. The van der Waals surface area contributed by atoms with Crippen molar-refractivity contribution in [2.45, 2.75) is 25.8 Å². The molecule has 0 radical (unpaired) electrons. The number of rotatable bonds is 6. The van der Waals surface area contributed by atoms with E-state index in [-0.39, 0.29) is 0 Å². The molecule has 6 heteroatoms. The van der Waals surface area contributed by atoms with Gasteiger partial charge in [0.1, 0.15) is 11.1 Å². The number of nitrogens with one attached hydrogen (secondary N) is 1. The summed E-state index contributed by atoms with van der Waals surface area (Å²) in [5.41, 5.74) is 2.85. The fourth-order valence-corrected chi connectivity index (χ4v) is 1.98. The van der Waals surface area contributed by atoms with Crippen LogP contribution in [0.5, 0.6) is 5.75 Å². The zero-order chi connectivity index (χ0) is 14.4. The normalized spacial score (nSPS) is 12.1. The van der Waals surface area contributed by atoms with E-state index < -0.39 is 11.3 Å². The van der Waals surface area contributed by atoms with Crippen molar-refractivity contribution in [3.8, 4) is 5.75 Å². The first-order chi connectivity index (χ1) is 9.01. The zero-order valence-corrected chi connectivity index (χ0v) is 12.4. The lowest BCUT2D eigenvalue weighted by Gasteiger charge is -2.13. The Morgan fingerprint density at radius 3 is 2.74 bits per heavy atom. The summed E-state index contributed by atoms with van der Waals surface area (Å²) in [7, 11) is 2.95. The zero-order valence-electron chi connectivity index (χ0n) is 11.6. The third-order valence-electron chi connectivity index (χ3n) is 2.82. The Kier molecular flexibility index (Phi) is 6.05. The van der Waals surface area contributed by atoms with Gasteiger partial charge in [-0.05, 0) is 13.8 Å². The van der Waals surface area contributed by atoms with Gasteiger partial charge in [-0.3, -0.25) is 9.78 Å². The molecule has 1 rings (SSSR count). The maximum atomic E-state index is 11.1. The molecule has 106 valence electrons. The van der Waals surface area contributed by atoms with E-state index >= 15 is 0 Å². The highest BCUT2D eigenvalue weighted by molar-refractivity contribution is 6.30. The van der Waals surface area contributed by atoms with Crippen LogP contribution >= 0.6 is 11.6 Å². The molecule has 1 N–H and O–H groups in total. The number of carbonyl (C=O) groups is 1. The molecular weight excluding hydrogens is 268 g/mol. The number of aryl methyl sites for hydroxylation is 1. The first-order valence-electron chi connectivity index (χ1n) is 5.93. The molecule has 1 atom stereocenters. The molecule has 0 aliphatic heterocycles. The van der Waals surface area contributed by atoms with Gasteiger partial charge in [0.2, 0.25) is 0 Å². The van der Waals surface area contributed by atoms with Gasteiger partial charge >= 0.3 is 5.97 Å². The number of esters is 1. The number of halogens is 1. The second-order valence-corrected chi connectivity index (χ2v) is 4.69. The summed E-state index contributed by atoms with van der Waals surface area (Å²) in [5, 5.41) is 2.38. The van der Waals surface area contributed by atoms with Crippen LogP contribution in [0.1, 0.15) is 16.8 Å². The summed E-state index contributed by atoms with van der Waals surface area (Å²) in [6, 6.07) is 0. The van der Waals surface area contributed by atoms with E-state index in [2.05, 4.69) is 15.0 Å². The van der Waals surface area contributed by atoms with Crippen molar-refractivity contribution in [3.63, 3.8) is 0 Å². The van der Waals surface area contributed by atoms with Crippen LogP contribution in [0.3, 0.4) is 0 Å². The highest BCUT2D eigenvalue weighted by atomic mass is 35.5. The molecule has 0 spiro atoms. The first kappa shape index (κ1) is 15.7. The summed E-state index contributed by atoms with van der Waals surface area (Å²) in [6.07, 6.45) is 1.77. The minimum Gasteiger partial charge on any atom is -0.496 e. The van der Waals surface area contributed by atoms with Crippen LogP contribution in [0.2, 0.25) is 0 Å². The molecule has 5 nitrogen and oxygen atoms in total. The fraction of sp³-hybridized carbons (Fsp3) is 0.538. The van der Waals surface area contributed by atoms with Gasteiger partial charge in [0, 0.05) is 30.4 Å². The monoisotopic (exact) mass is 286 g/mol. The highest BCUT2D eigenvalue weighted by Gasteiger charge is 2.15. The van der Waals surface area contributed by atoms with E-state index in [0.717, 1.165) is 22.6 Å². The lowest BCUT2D eigenvalue weighted by Crippen LogP contribution is -2.30. The molecule has 1 aromatic rings. The Morgan fingerprint density at radius 2 is 2.16 bits per heavy atom. The quantitative estimate of drug-likeness (QED) is 0.635. The summed E-state index contributed by atoms with van der Waals surface area (Å²) < 4.78 is 9.88. The second-order valence-electron chi connectivity index (χ2n) is 4.17. The number of hydrogen-bond acceptors (Lipinski definition) is 5. The Bertz CT molecular complexity index is 452. The lowest BCUT2D eigenvalue weighted by atomic mass is 10.1. The molecular formula is C13H19ClN2O3. The van der Waals surface area contributed by atoms with Crippen LogP contribution in [0.15, 0.2) is 6.20 Å². The number of nitrogens with zero attached hydrogens (tertiary/aromatic N) is 1. The minimum absolute atomic E-state index is 0.325. The average Bonchev–Trinajstić information content (AvgIpc) is 2.40. The van der Waals surface area contributed by atoms with Gasteiger partial charge in [0.25, 0.3) is 0 Å². The number of alkyl halides is 1. The summed E-state index contributed by atoms with van der Waals surface area (Å²) >= 11 is 5.84. The van der Waals surface area contributed by atoms with Crippen molar-refractivity contribution in [1.29, 1.82) is 0 Å². The van der Waals surface area contributed by atoms with Crippen LogP contribution in [0.25, 0.3) is 0 Å². The van der Waals surface area contributed by atoms with Gasteiger partial charge in [0.05, 0.1) is 19.9 Å². The van der Waals surface area contributed by atoms with Gasteiger partial charge in [-0.25, -0.2) is 0 Å². The van der Waals surface area contributed by atoms with Gasteiger partial charge in [-0.15, -0.1) is 11.6 Å². The molecule has 0 aliphatic rings. The van der Waals surface area contributed by atoms with Crippen molar-refractivity contribution in [3.05, 3.63) is 23.0 Å². The maximum Gasteiger partial charge on any atom is 0.325 e. The predicted molar refractivity (Wildman–Crippen MR) is 73.6 cm³/mol. The molecule has 0 saturated heterocycles. The van der Waals surface area contributed by atoms with Gasteiger partial charge in [0.15, 0.2) is 0 Å². The Hall–Kier alpha value is -1.33. The molecule has 0 amide bonds. The summed E-state index contributed by atoms with van der Waals surface area (Å²) in [6.45, 7) is 4.74. The van der Waals surface area contributed by atoms with Crippen molar-refractivity contribution < 1.29 is 14.3 Å². The van der Waals surface area contributed by atoms with Crippen LogP contribution < -0.4 is 10.1 Å². The van der Waals surface area contributed by atoms with Crippen molar-refractivity contribution in [2.24, 2.45) is 0 Å². The van der Waals surface area contributed by atoms with Gasteiger partial charge in [-0.2, -0.15) is 0 Å². The number of hydrogen-bond donors (Lipinski definition) is 1. The number of ether oxygens (including phenoxy) is 2. The molecule has 0 saturated carbocycles. The number of carbonyl (C=O) groups excluding carboxylic acids is 1. The van der Waals surface area contributed by atoms with Crippen molar-refractivity contribution >= 4 is 17.6 Å². The van der Waals surface area contributed by atoms with E-state index in [0.29, 0.717) is 13.1 Å². The lowest BCUT2D eigenvalue weighted by molar-refractivity contribution is -0.140. The topological polar surface area (TPSA) is 60.5 Å². The Morgan fingerprint density at radius 1 is 1.47 bits per heavy atom. The van der Waals surface area contributed by atoms with Gasteiger partial charge in [-0.1, -0.05) is 0 Å². The predicted octanol–water partition coefficient (Wildman–Crippen LogP) is 1.58. The standard InChI is InChI=1S/C13H19ClN2O3/c1-8-5-16-11(9(2)12(8)18-3)7-15-6-10(14)13(17)19-4/h5,10,15H,6-7H2,1-4H3. The Labute approximate surface area is 118 Å². The molecule has 0 fully saturated rings. The molecule has 0 aromatic carbocycles. The Balaban J connectivity index is 2.62. The van der Waals surface area contributed by atoms with E-state index in [1.54, 1.807) is 13.3 Å². The van der Waals surface area contributed by atoms with E-state index in [4.69, 9.17) is 16.3 Å². The van der Waals surface area contributed by atoms with Crippen molar-refractivity contribution in [1.82, 2.24) is 10.3 Å². The molecule has 19 heavy (non-hydrogen) atoms. The smallest absolute Gasteiger partial charge is 0.325 e. The third-order valence-corrected chi connectivity index (χ3v) is 3.16. The minimum atomic E-state index is -0.697. The first-order valence-corrected chi connectivity index (χ1v) is 6.36. The molecule has 0 bridgehead atoms. The van der Waals surface area contributed by atoms with Crippen LogP contribution in [0.4, 0.5) is 0 Å². The fourth-order valence-electron chi connectivity index (χ4n) is 1.78. The number of methoxy groups -OCH3 is 2. The van der Waals surface area contributed by atoms with Crippen LogP contribution in [-0.4, -0.2) is 37.1 Å². The van der Waals surface area contributed by atoms with Crippen molar-refractivity contribution in [2.75, 3.05) is 20.8 Å². The van der Waals surface area contributed by atoms with Gasteiger partial charge < -0.3 is 14.8 Å². The highest BCUT2D eigenvalue weighted by Crippen LogP contribution is 2.23. The summed E-state index contributed by atoms with van der Waals surface area (Å²) in [4.78, 5) is 15.5. The summed E-state index contributed by atoms with van der Waals surface area (Å²) in [5.74, 6) is 0.391. The third kappa shape index (κ3) is 4.08. The van der Waals surface area contributed by atoms with Crippen LogP contribution in [0, 0.1) is 13.8 Å². The molecule has 1 unspecified atom stereocenters. The van der Waals surface area contributed by atoms with E-state index in [9.17, 15) is 4.79 Å². The van der Waals surface area contributed by atoms with E-state index in [1.807, 2.05) is 13.8 Å². The molecule has 1 aromatic heterocycles. The molecule has 0 aliphatic carbocycles.